The molecule has 0 unspecified atom stereocenters. The average Bonchev–Trinajstić information content (AvgIpc) is 3.26. The van der Waals surface area contributed by atoms with Crippen LogP contribution >= 0.6 is 0 Å². The van der Waals surface area contributed by atoms with Crippen LogP contribution in [0.3, 0.4) is 0 Å². The zero-order valence-corrected chi connectivity index (χ0v) is 18.9. The number of rotatable bonds is 2. The van der Waals surface area contributed by atoms with Crippen LogP contribution in [0.25, 0.3) is 0 Å². The predicted molar refractivity (Wildman–Crippen MR) is 118 cm³/mol. The van der Waals surface area contributed by atoms with Crippen LogP contribution in [0.4, 0.5) is 4.39 Å². The van der Waals surface area contributed by atoms with E-state index < -0.39 is 36.1 Å². The molecule has 3 amide bonds. The summed E-state index contributed by atoms with van der Waals surface area (Å²) in [6, 6.07) is 4.29. The molecular formula is C23H32FN3O7. The van der Waals surface area contributed by atoms with Crippen molar-refractivity contribution in [1.82, 2.24) is 15.1 Å². The second-order valence-electron chi connectivity index (χ2n) is 8.65. The molecule has 4 N–H and O–H groups in total. The maximum atomic E-state index is 13.3. The van der Waals surface area contributed by atoms with E-state index in [4.69, 9.17) is 4.74 Å². The van der Waals surface area contributed by atoms with Gasteiger partial charge in [-0.05, 0) is 43.5 Å². The van der Waals surface area contributed by atoms with E-state index >= 15 is 0 Å². The fourth-order valence-corrected chi connectivity index (χ4v) is 4.04. The summed E-state index contributed by atoms with van der Waals surface area (Å²) >= 11 is 0. The van der Waals surface area contributed by atoms with Crippen molar-refractivity contribution in [2.24, 2.45) is 0 Å². The molecule has 0 radical (unpaired) electrons. The number of carbonyl (C=O) groups is 3. The van der Waals surface area contributed by atoms with Crippen molar-refractivity contribution in [2.75, 3.05) is 39.4 Å². The Morgan fingerprint density at radius 1 is 1.00 bits per heavy atom. The van der Waals surface area contributed by atoms with Crippen molar-refractivity contribution >= 4 is 17.7 Å². The molecule has 0 bridgehead atoms. The van der Waals surface area contributed by atoms with Crippen molar-refractivity contribution in [3.63, 3.8) is 0 Å². The molecule has 188 valence electrons. The molecule has 34 heavy (non-hydrogen) atoms. The minimum Gasteiger partial charge on any atom is -0.388 e. The lowest BCUT2D eigenvalue weighted by Crippen LogP contribution is -2.51. The van der Waals surface area contributed by atoms with E-state index in [2.05, 4.69) is 5.32 Å². The highest BCUT2D eigenvalue weighted by molar-refractivity contribution is 5.94. The first-order valence-corrected chi connectivity index (χ1v) is 11.5. The van der Waals surface area contributed by atoms with Gasteiger partial charge in [0.2, 0.25) is 11.8 Å². The molecule has 2 fully saturated rings. The number of aliphatic hydroxyl groups is 3. The molecule has 10 nitrogen and oxygen atoms in total. The molecule has 11 heteroatoms. The number of hydrogen-bond acceptors (Lipinski definition) is 7. The van der Waals surface area contributed by atoms with Gasteiger partial charge in [-0.15, -0.1) is 0 Å². The molecular weight excluding hydrogens is 449 g/mol. The average molecular weight is 482 g/mol. The van der Waals surface area contributed by atoms with Gasteiger partial charge in [0.15, 0.2) is 0 Å². The Balaban J connectivity index is 1.80. The Labute approximate surface area is 197 Å². The Morgan fingerprint density at radius 3 is 2.38 bits per heavy atom. The lowest BCUT2D eigenvalue weighted by atomic mass is 10.1. The molecule has 3 rings (SSSR count). The van der Waals surface area contributed by atoms with Gasteiger partial charge in [0, 0.05) is 44.8 Å². The molecule has 1 aromatic carbocycles. The lowest BCUT2D eigenvalue weighted by molar-refractivity contribution is -0.135. The summed E-state index contributed by atoms with van der Waals surface area (Å²) in [5, 5.41) is 33.6. The minimum atomic E-state index is -1.56. The van der Waals surface area contributed by atoms with Gasteiger partial charge in [0.25, 0.3) is 5.91 Å². The molecule has 0 aromatic heterocycles. The highest BCUT2D eigenvalue weighted by Gasteiger charge is 2.32. The van der Waals surface area contributed by atoms with E-state index in [1.54, 1.807) is 4.90 Å². The van der Waals surface area contributed by atoms with Gasteiger partial charge in [-0.25, -0.2) is 4.39 Å². The number of benzene rings is 1. The third kappa shape index (κ3) is 6.95. The lowest BCUT2D eigenvalue weighted by Gasteiger charge is -2.32. The summed E-state index contributed by atoms with van der Waals surface area (Å²) in [5.41, 5.74) is 0.175. The third-order valence-corrected chi connectivity index (χ3v) is 6.07. The second-order valence-corrected chi connectivity index (χ2v) is 8.65. The molecule has 2 heterocycles. The quantitative estimate of drug-likeness (QED) is 0.437. The molecule has 2 aliphatic rings. The van der Waals surface area contributed by atoms with Gasteiger partial charge >= 0.3 is 0 Å². The first-order chi connectivity index (χ1) is 16.3. The van der Waals surface area contributed by atoms with Crippen LogP contribution in [0.2, 0.25) is 0 Å². The number of aliphatic hydroxyl groups excluding tert-OH is 3. The highest BCUT2D eigenvalue weighted by atomic mass is 19.1. The van der Waals surface area contributed by atoms with Crippen LogP contribution in [0, 0.1) is 5.82 Å². The summed E-state index contributed by atoms with van der Waals surface area (Å²) in [5.74, 6) is -1.46. The van der Waals surface area contributed by atoms with E-state index in [1.165, 1.54) is 17.0 Å². The molecule has 2 saturated heterocycles. The molecule has 0 aliphatic carbocycles. The number of halogens is 1. The van der Waals surface area contributed by atoms with Crippen molar-refractivity contribution in [1.29, 1.82) is 0 Å². The van der Waals surface area contributed by atoms with Gasteiger partial charge in [0.05, 0.1) is 6.61 Å². The van der Waals surface area contributed by atoms with Gasteiger partial charge in [-0.2, -0.15) is 0 Å². The van der Waals surface area contributed by atoms with Crippen molar-refractivity contribution in [3.8, 4) is 0 Å². The van der Waals surface area contributed by atoms with E-state index in [-0.39, 0.29) is 50.0 Å². The number of hydrogen-bond donors (Lipinski definition) is 4. The van der Waals surface area contributed by atoms with Crippen LogP contribution < -0.4 is 5.32 Å². The van der Waals surface area contributed by atoms with Crippen LogP contribution in [-0.2, 0) is 14.3 Å². The van der Waals surface area contributed by atoms with Crippen molar-refractivity contribution in [3.05, 3.63) is 35.6 Å². The third-order valence-electron chi connectivity index (χ3n) is 6.07. The Hall–Kier alpha value is -2.60. The van der Waals surface area contributed by atoms with Gasteiger partial charge in [-0.1, -0.05) is 0 Å². The monoisotopic (exact) mass is 481 g/mol. The van der Waals surface area contributed by atoms with Gasteiger partial charge in [0.1, 0.15) is 30.2 Å². The first kappa shape index (κ1) is 26.0. The van der Waals surface area contributed by atoms with Gasteiger partial charge in [-0.3, -0.25) is 14.4 Å². The molecule has 1 aromatic rings. The van der Waals surface area contributed by atoms with Crippen LogP contribution in [0.5, 0.6) is 0 Å². The Bertz CT molecular complexity index is 853. The Morgan fingerprint density at radius 2 is 1.71 bits per heavy atom. The summed E-state index contributed by atoms with van der Waals surface area (Å²) in [7, 11) is 0. The number of amides is 3. The number of carbonyl (C=O) groups excluding carboxylic acids is 3. The predicted octanol–water partition coefficient (Wildman–Crippen LogP) is -0.732. The molecule has 0 saturated carbocycles. The smallest absolute Gasteiger partial charge is 0.254 e. The largest absolute Gasteiger partial charge is 0.388 e. The number of ether oxygens (including phenoxy) is 1. The van der Waals surface area contributed by atoms with E-state index in [1.807, 2.05) is 0 Å². The fraction of sp³-hybridized carbons (Fsp3) is 0.609. The molecule has 0 spiro atoms. The SMILES string of the molecule is O=C1CC[C@@H](C(=O)N2CCCCOC[C@@H](O)[C@H](O)[C@@H](O)CN(C(=O)c3ccc(F)cc3)CC2)N1. The topological polar surface area (TPSA) is 140 Å². The van der Waals surface area contributed by atoms with E-state index in [9.17, 15) is 34.1 Å². The summed E-state index contributed by atoms with van der Waals surface area (Å²) in [6.45, 7) is 0.318. The molecule has 4 atom stereocenters. The standard InChI is InChI=1S/C23H32FN3O7/c24-16-5-3-15(4-6-16)22(32)27-11-10-26(23(33)17-7-8-20(30)25-17)9-1-2-12-34-14-19(29)21(31)18(28)13-27/h3-6,17-19,21,28-29,31H,1-2,7-14H2,(H,25,30)/t17-,18-,19+,21+/m0/s1. The fourth-order valence-electron chi connectivity index (χ4n) is 4.04. The number of β-amino-alcohol motifs (C(OH)–C–C–N with tert-alkyl or cyclic N) is 1. The van der Waals surface area contributed by atoms with Crippen LogP contribution in [0.1, 0.15) is 36.0 Å². The van der Waals surface area contributed by atoms with Crippen molar-refractivity contribution < 1.29 is 38.8 Å². The number of nitrogens with one attached hydrogen (secondary N) is 1. The molecule has 2 aliphatic heterocycles. The normalized spacial score (nSPS) is 27.7. The zero-order chi connectivity index (χ0) is 24.7. The summed E-state index contributed by atoms with van der Waals surface area (Å²) in [4.78, 5) is 40.6. The maximum Gasteiger partial charge on any atom is 0.254 e. The van der Waals surface area contributed by atoms with Gasteiger partial charge < -0.3 is 35.2 Å². The minimum absolute atomic E-state index is 0.0268. The Kier molecular flexibility index (Phi) is 9.34. The second kappa shape index (κ2) is 12.2. The van der Waals surface area contributed by atoms with E-state index in [0.717, 1.165) is 12.1 Å². The number of nitrogens with zero attached hydrogens (tertiary/aromatic N) is 2. The van der Waals surface area contributed by atoms with Crippen LogP contribution in [-0.4, -0.2) is 107 Å². The first-order valence-electron chi connectivity index (χ1n) is 11.5. The zero-order valence-electron chi connectivity index (χ0n) is 18.9. The van der Waals surface area contributed by atoms with Crippen LogP contribution in [0.15, 0.2) is 24.3 Å². The van der Waals surface area contributed by atoms with E-state index in [0.29, 0.717) is 32.4 Å². The van der Waals surface area contributed by atoms with Crippen molar-refractivity contribution in [2.45, 2.75) is 50.0 Å². The maximum absolute atomic E-state index is 13.3. The highest BCUT2D eigenvalue weighted by Crippen LogP contribution is 2.14. The summed E-state index contributed by atoms with van der Waals surface area (Å²) < 4.78 is 18.7. The summed E-state index contributed by atoms with van der Waals surface area (Å²) in [6.07, 6.45) is -2.52.